The van der Waals surface area contributed by atoms with Crippen molar-refractivity contribution in [2.75, 3.05) is 19.7 Å². The third kappa shape index (κ3) is 4.16. The highest BCUT2D eigenvalue weighted by Gasteiger charge is 2.34. The second-order valence-corrected chi connectivity index (χ2v) is 6.23. The first-order chi connectivity index (χ1) is 11.0. The molecule has 1 aromatic rings. The number of nitrogens with zero attached hydrogens (tertiary/aromatic N) is 2. The van der Waals surface area contributed by atoms with Crippen molar-refractivity contribution in [1.82, 2.24) is 4.90 Å². The third-order valence-corrected chi connectivity index (χ3v) is 3.99. The predicted molar refractivity (Wildman–Crippen MR) is 87.2 cm³/mol. The average Bonchev–Trinajstić information content (AvgIpc) is 2.57. The van der Waals surface area contributed by atoms with Gasteiger partial charge in [0.1, 0.15) is 11.5 Å². The van der Waals surface area contributed by atoms with Crippen molar-refractivity contribution < 1.29 is 14.3 Å². The third-order valence-electron chi connectivity index (χ3n) is 3.99. The lowest BCUT2D eigenvalue weighted by Gasteiger charge is -2.35. The van der Waals surface area contributed by atoms with Crippen molar-refractivity contribution in [3.63, 3.8) is 0 Å². The normalized spacial score (nSPS) is 15.8. The summed E-state index contributed by atoms with van der Waals surface area (Å²) >= 11 is 0. The number of benzene rings is 1. The number of para-hydroxylation sites is 2. The first kappa shape index (κ1) is 17.1. The Morgan fingerprint density at radius 2 is 1.91 bits per heavy atom. The van der Waals surface area contributed by atoms with Gasteiger partial charge in [0, 0.05) is 25.9 Å². The summed E-state index contributed by atoms with van der Waals surface area (Å²) in [7, 11) is 0. The minimum absolute atomic E-state index is 0.0610. The van der Waals surface area contributed by atoms with E-state index in [-0.39, 0.29) is 12.0 Å². The Kier molecular flexibility index (Phi) is 5.49. The minimum Gasteiger partial charge on any atom is -0.490 e. The van der Waals surface area contributed by atoms with E-state index in [1.165, 1.54) is 0 Å². The molecule has 0 radical (unpaired) electrons. The van der Waals surface area contributed by atoms with Crippen molar-refractivity contribution in [2.45, 2.75) is 39.7 Å². The number of rotatable bonds is 5. The van der Waals surface area contributed by atoms with Crippen molar-refractivity contribution in [1.29, 1.82) is 5.26 Å². The van der Waals surface area contributed by atoms with Crippen LogP contribution in [0.3, 0.4) is 0 Å². The molecule has 5 heteroatoms. The maximum absolute atomic E-state index is 12.3. The molecule has 0 saturated carbocycles. The number of hydrogen-bond donors (Lipinski definition) is 0. The van der Waals surface area contributed by atoms with Gasteiger partial charge in [-0.2, -0.15) is 5.26 Å². The molecule has 1 aliphatic heterocycles. The van der Waals surface area contributed by atoms with Gasteiger partial charge in [0.2, 0.25) is 5.91 Å². The number of carbonyl (C=O) groups excluding carboxylic acids is 1. The van der Waals surface area contributed by atoms with E-state index in [0.29, 0.717) is 19.7 Å². The van der Waals surface area contributed by atoms with Gasteiger partial charge in [-0.3, -0.25) is 4.79 Å². The standard InChI is InChI=1S/C18H24N2O3/c1-4-22-15-7-5-6-8-16(15)23-14-9-11-20(12-10-14)17(21)18(2,3)13-19/h5-8,14H,4,9-12H2,1-3H3. The Morgan fingerprint density at radius 3 is 2.48 bits per heavy atom. The van der Waals surface area contributed by atoms with Crippen LogP contribution in [0, 0.1) is 16.7 Å². The Balaban J connectivity index is 1.93. The lowest BCUT2D eigenvalue weighted by atomic mass is 9.92. The molecule has 0 aliphatic carbocycles. The van der Waals surface area contributed by atoms with Crippen LogP contribution >= 0.6 is 0 Å². The zero-order valence-corrected chi connectivity index (χ0v) is 14.0. The topological polar surface area (TPSA) is 62.6 Å². The molecule has 1 fully saturated rings. The summed E-state index contributed by atoms with van der Waals surface area (Å²) in [4.78, 5) is 14.1. The SMILES string of the molecule is CCOc1ccccc1OC1CCN(C(=O)C(C)(C)C#N)CC1. The van der Waals surface area contributed by atoms with Crippen LogP contribution in [0.4, 0.5) is 0 Å². The fourth-order valence-electron chi connectivity index (χ4n) is 2.62. The van der Waals surface area contributed by atoms with Gasteiger partial charge in [0.15, 0.2) is 11.5 Å². The van der Waals surface area contributed by atoms with Crippen LogP contribution in [0.5, 0.6) is 11.5 Å². The van der Waals surface area contributed by atoms with Gasteiger partial charge in [0.05, 0.1) is 12.7 Å². The predicted octanol–water partition coefficient (Wildman–Crippen LogP) is 3.00. The van der Waals surface area contributed by atoms with Crippen LogP contribution in [0.25, 0.3) is 0 Å². The molecule has 1 saturated heterocycles. The van der Waals surface area contributed by atoms with E-state index in [2.05, 4.69) is 6.07 Å². The summed E-state index contributed by atoms with van der Waals surface area (Å²) < 4.78 is 11.6. The Morgan fingerprint density at radius 1 is 1.30 bits per heavy atom. The molecular weight excluding hydrogens is 292 g/mol. The number of likely N-dealkylation sites (tertiary alicyclic amines) is 1. The molecule has 0 aromatic heterocycles. The van der Waals surface area contributed by atoms with Crippen LogP contribution in [0.1, 0.15) is 33.6 Å². The molecule has 124 valence electrons. The summed E-state index contributed by atoms with van der Waals surface area (Å²) in [5.74, 6) is 1.39. The molecule has 1 amide bonds. The highest BCUT2D eigenvalue weighted by Crippen LogP contribution is 2.30. The summed E-state index contributed by atoms with van der Waals surface area (Å²) in [5, 5.41) is 9.09. The van der Waals surface area contributed by atoms with Crippen molar-refractivity contribution in [3.8, 4) is 17.6 Å². The van der Waals surface area contributed by atoms with Crippen LogP contribution in [0.15, 0.2) is 24.3 Å². The largest absolute Gasteiger partial charge is 0.490 e. The summed E-state index contributed by atoms with van der Waals surface area (Å²) in [6.45, 7) is 7.09. The number of hydrogen-bond acceptors (Lipinski definition) is 4. The maximum Gasteiger partial charge on any atom is 0.242 e. The van der Waals surface area contributed by atoms with Gasteiger partial charge in [0.25, 0.3) is 0 Å². The molecule has 0 bridgehead atoms. The van der Waals surface area contributed by atoms with E-state index in [9.17, 15) is 4.79 Å². The van der Waals surface area contributed by atoms with Crippen molar-refractivity contribution in [2.24, 2.45) is 5.41 Å². The molecule has 1 aliphatic rings. The van der Waals surface area contributed by atoms with Gasteiger partial charge in [-0.25, -0.2) is 0 Å². The lowest BCUT2D eigenvalue weighted by molar-refractivity contribution is -0.139. The monoisotopic (exact) mass is 316 g/mol. The molecule has 1 heterocycles. The molecule has 0 atom stereocenters. The quantitative estimate of drug-likeness (QED) is 0.837. The van der Waals surface area contributed by atoms with Gasteiger partial charge < -0.3 is 14.4 Å². The zero-order valence-electron chi connectivity index (χ0n) is 14.0. The lowest BCUT2D eigenvalue weighted by Crippen LogP contribution is -2.46. The average molecular weight is 316 g/mol. The van der Waals surface area contributed by atoms with Gasteiger partial charge in [-0.15, -0.1) is 0 Å². The van der Waals surface area contributed by atoms with Crippen LogP contribution in [-0.4, -0.2) is 36.6 Å². The van der Waals surface area contributed by atoms with Crippen LogP contribution in [-0.2, 0) is 4.79 Å². The number of nitriles is 1. The van der Waals surface area contributed by atoms with E-state index in [1.54, 1.807) is 18.7 Å². The summed E-state index contributed by atoms with van der Waals surface area (Å²) in [5.41, 5.74) is -0.963. The number of piperidine rings is 1. The molecule has 23 heavy (non-hydrogen) atoms. The fourth-order valence-corrected chi connectivity index (χ4v) is 2.62. The van der Waals surface area contributed by atoms with E-state index in [1.807, 2.05) is 31.2 Å². The van der Waals surface area contributed by atoms with Crippen molar-refractivity contribution >= 4 is 5.91 Å². The maximum atomic E-state index is 12.3. The Hall–Kier alpha value is -2.22. The summed E-state index contributed by atoms with van der Waals surface area (Å²) in [6, 6.07) is 9.71. The van der Waals surface area contributed by atoms with Crippen molar-refractivity contribution in [3.05, 3.63) is 24.3 Å². The molecular formula is C18H24N2O3. The van der Waals surface area contributed by atoms with Crippen LogP contribution in [0.2, 0.25) is 0 Å². The molecule has 2 rings (SSSR count). The number of amides is 1. The van der Waals surface area contributed by atoms with Gasteiger partial charge in [-0.05, 0) is 32.9 Å². The second kappa shape index (κ2) is 7.36. The first-order valence-electron chi connectivity index (χ1n) is 8.07. The van der Waals surface area contributed by atoms with E-state index >= 15 is 0 Å². The molecule has 0 unspecified atom stereocenters. The molecule has 1 aromatic carbocycles. The second-order valence-electron chi connectivity index (χ2n) is 6.23. The highest BCUT2D eigenvalue weighted by molar-refractivity contribution is 5.84. The van der Waals surface area contributed by atoms with E-state index in [4.69, 9.17) is 14.7 Å². The molecule has 5 nitrogen and oxygen atoms in total. The van der Waals surface area contributed by atoms with Crippen LogP contribution < -0.4 is 9.47 Å². The van der Waals surface area contributed by atoms with Gasteiger partial charge in [-0.1, -0.05) is 12.1 Å². The summed E-state index contributed by atoms with van der Waals surface area (Å²) in [6.07, 6.45) is 1.58. The molecule has 0 spiro atoms. The van der Waals surface area contributed by atoms with E-state index < -0.39 is 5.41 Å². The van der Waals surface area contributed by atoms with E-state index in [0.717, 1.165) is 24.3 Å². The molecule has 0 N–H and O–H groups in total. The Labute approximate surface area is 137 Å². The zero-order chi connectivity index (χ0) is 16.9. The highest BCUT2D eigenvalue weighted by atomic mass is 16.5. The fraction of sp³-hybridized carbons (Fsp3) is 0.556. The number of carbonyl (C=O) groups is 1. The minimum atomic E-state index is -0.963. The number of ether oxygens (including phenoxy) is 2. The first-order valence-corrected chi connectivity index (χ1v) is 8.07. The van der Waals surface area contributed by atoms with Gasteiger partial charge >= 0.3 is 0 Å². The smallest absolute Gasteiger partial charge is 0.242 e. The Bertz CT molecular complexity index is 584.